The molecule has 2 heterocycles. The normalized spacial score (nSPS) is 15.7. The summed E-state index contributed by atoms with van der Waals surface area (Å²) in [5, 5.41) is 8.86. The van der Waals surface area contributed by atoms with Crippen molar-refractivity contribution >= 4 is 17.2 Å². The molecule has 1 saturated heterocycles. The third kappa shape index (κ3) is 3.51. The molecule has 1 aliphatic rings. The first-order chi connectivity index (χ1) is 10.7. The second-order valence-corrected chi connectivity index (χ2v) is 6.26. The van der Waals surface area contributed by atoms with Crippen LogP contribution in [0, 0.1) is 5.82 Å². The van der Waals surface area contributed by atoms with Crippen molar-refractivity contribution in [3.63, 3.8) is 0 Å². The van der Waals surface area contributed by atoms with Crippen LogP contribution in [-0.2, 0) is 6.54 Å². The van der Waals surface area contributed by atoms with E-state index in [0.29, 0.717) is 17.2 Å². The van der Waals surface area contributed by atoms with Gasteiger partial charge in [0.15, 0.2) is 0 Å². The molecule has 1 fully saturated rings. The van der Waals surface area contributed by atoms with Gasteiger partial charge in [0.05, 0.1) is 5.01 Å². The lowest BCUT2D eigenvalue weighted by molar-refractivity contribution is 0.0946. The summed E-state index contributed by atoms with van der Waals surface area (Å²) < 4.78 is 13.5. The van der Waals surface area contributed by atoms with E-state index in [2.05, 4.69) is 15.6 Å². The van der Waals surface area contributed by atoms with Crippen molar-refractivity contribution in [3.05, 3.63) is 51.7 Å². The third-order valence-corrected chi connectivity index (χ3v) is 4.85. The number of carbonyl (C=O) groups is 1. The molecular weight excluding hydrogens is 301 g/mol. The van der Waals surface area contributed by atoms with Crippen LogP contribution in [0.4, 0.5) is 4.39 Å². The van der Waals surface area contributed by atoms with Crippen molar-refractivity contribution in [1.29, 1.82) is 0 Å². The lowest BCUT2D eigenvalue weighted by atomic mass is 9.99. The molecule has 0 radical (unpaired) electrons. The molecule has 0 spiro atoms. The summed E-state index contributed by atoms with van der Waals surface area (Å²) >= 11 is 1.54. The predicted octanol–water partition coefficient (Wildman–Crippen LogP) is 2.68. The Morgan fingerprint density at radius 1 is 1.36 bits per heavy atom. The molecule has 4 nitrogen and oxygen atoms in total. The summed E-state index contributed by atoms with van der Waals surface area (Å²) in [7, 11) is 0. The lowest BCUT2D eigenvalue weighted by Crippen LogP contribution is -2.27. The maximum Gasteiger partial charge on any atom is 0.271 e. The molecule has 0 bridgehead atoms. The van der Waals surface area contributed by atoms with Crippen LogP contribution in [0.1, 0.15) is 39.8 Å². The smallest absolute Gasteiger partial charge is 0.271 e. The Balaban J connectivity index is 1.61. The number of aromatic nitrogens is 1. The maximum atomic E-state index is 13.5. The van der Waals surface area contributed by atoms with Gasteiger partial charge in [-0.25, -0.2) is 9.37 Å². The second kappa shape index (κ2) is 6.98. The fourth-order valence-corrected chi connectivity index (χ4v) is 3.53. The van der Waals surface area contributed by atoms with Crippen molar-refractivity contribution < 1.29 is 9.18 Å². The van der Waals surface area contributed by atoms with E-state index in [1.165, 1.54) is 17.4 Å². The maximum absolute atomic E-state index is 13.5. The highest BCUT2D eigenvalue weighted by Crippen LogP contribution is 2.27. The highest BCUT2D eigenvalue weighted by atomic mass is 32.1. The van der Waals surface area contributed by atoms with Crippen molar-refractivity contribution in [1.82, 2.24) is 15.6 Å². The minimum atomic E-state index is -0.309. The number of nitrogens with zero attached hydrogens (tertiary/aromatic N) is 1. The van der Waals surface area contributed by atoms with Crippen LogP contribution in [-0.4, -0.2) is 24.0 Å². The van der Waals surface area contributed by atoms with Gasteiger partial charge in [-0.1, -0.05) is 18.2 Å². The molecule has 2 aromatic rings. The van der Waals surface area contributed by atoms with Crippen LogP contribution in [0.3, 0.4) is 0 Å². The summed E-state index contributed by atoms with van der Waals surface area (Å²) in [4.78, 5) is 16.6. The summed E-state index contributed by atoms with van der Waals surface area (Å²) in [6.45, 7) is 2.17. The van der Waals surface area contributed by atoms with E-state index < -0.39 is 0 Å². The molecule has 0 atom stereocenters. The quantitative estimate of drug-likeness (QED) is 0.911. The SMILES string of the molecule is O=C(NCc1ccccc1F)c1csc(C2CCNCC2)n1. The molecule has 1 aliphatic heterocycles. The van der Waals surface area contributed by atoms with Crippen molar-refractivity contribution in [2.45, 2.75) is 25.3 Å². The number of piperidine rings is 1. The number of rotatable bonds is 4. The molecule has 116 valence electrons. The summed E-state index contributed by atoms with van der Waals surface area (Å²) in [6.07, 6.45) is 2.12. The van der Waals surface area contributed by atoms with E-state index in [-0.39, 0.29) is 18.3 Å². The Kier molecular flexibility index (Phi) is 4.80. The van der Waals surface area contributed by atoms with Gasteiger partial charge >= 0.3 is 0 Å². The van der Waals surface area contributed by atoms with E-state index in [0.717, 1.165) is 30.9 Å². The van der Waals surface area contributed by atoms with Gasteiger partial charge in [0.2, 0.25) is 0 Å². The Hall–Kier alpha value is -1.79. The van der Waals surface area contributed by atoms with E-state index in [4.69, 9.17) is 0 Å². The van der Waals surface area contributed by atoms with Gasteiger partial charge in [-0.3, -0.25) is 4.79 Å². The number of hydrogen-bond acceptors (Lipinski definition) is 4. The molecule has 1 aromatic carbocycles. The fraction of sp³-hybridized carbons (Fsp3) is 0.375. The highest BCUT2D eigenvalue weighted by molar-refractivity contribution is 7.09. The zero-order valence-electron chi connectivity index (χ0n) is 12.1. The number of thiazole rings is 1. The molecule has 1 aromatic heterocycles. The summed E-state index contributed by atoms with van der Waals surface area (Å²) in [6, 6.07) is 6.44. The minimum absolute atomic E-state index is 0.172. The van der Waals surface area contributed by atoms with Gasteiger partial charge in [0, 0.05) is 23.4 Å². The largest absolute Gasteiger partial charge is 0.346 e. The Labute approximate surface area is 132 Å². The zero-order chi connectivity index (χ0) is 15.4. The van der Waals surface area contributed by atoms with Gasteiger partial charge in [-0.15, -0.1) is 11.3 Å². The number of carbonyl (C=O) groups excluding carboxylic acids is 1. The van der Waals surface area contributed by atoms with Crippen molar-refractivity contribution in [2.24, 2.45) is 0 Å². The Morgan fingerprint density at radius 2 is 2.14 bits per heavy atom. The van der Waals surface area contributed by atoms with E-state index >= 15 is 0 Å². The van der Waals surface area contributed by atoms with Gasteiger partial charge in [-0.05, 0) is 32.0 Å². The molecular formula is C16H18FN3OS. The Morgan fingerprint density at radius 3 is 2.91 bits per heavy atom. The van der Waals surface area contributed by atoms with Gasteiger partial charge < -0.3 is 10.6 Å². The van der Waals surface area contributed by atoms with Crippen LogP contribution in [0.2, 0.25) is 0 Å². The van der Waals surface area contributed by atoms with Crippen LogP contribution in [0.15, 0.2) is 29.6 Å². The minimum Gasteiger partial charge on any atom is -0.346 e. The van der Waals surface area contributed by atoms with Gasteiger partial charge in [0.1, 0.15) is 11.5 Å². The molecule has 22 heavy (non-hydrogen) atoms. The first kappa shape index (κ1) is 15.1. The topological polar surface area (TPSA) is 54.0 Å². The molecule has 0 saturated carbocycles. The van der Waals surface area contributed by atoms with Crippen LogP contribution in [0.25, 0.3) is 0 Å². The Bertz CT molecular complexity index is 652. The molecule has 3 rings (SSSR count). The molecule has 1 amide bonds. The summed E-state index contributed by atoms with van der Waals surface area (Å²) in [5.41, 5.74) is 0.902. The first-order valence-electron chi connectivity index (χ1n) is 7.42. The standard InChI is InChI=1S/C16H18FN3OS/c17-13-4-2-1-3-12(13)9-19-15(21)14-10-22-16(20-14)11-5-7-18-8-6-11/h1-4,10-11,18H,5-9H2,(H,19,21). The lowest BCUT2D eigenvalue weighted by Gasteiger charge is -2.20. The average Bonchev–Trinajstić information content (AvgIpc) is 3.05. The molecule has 0 aliphatic carbocycles. The predicted molar refractivity (Wildman–Crippen MR) is 84.5 cm³/mol. The summed E-state index contributed by atoms with van der Waals surface area (Å²) in [5.74, 6) is -0.115. The second-order valence-electron chi connectivity index (χ2n) is 5.37. The number of hydrogen-bond donors (Lipinski definition) is 2. The van der Waals surface area contributed by atoms with Crippen LogP contribution < -0.4 is 10.6 Å². The fourth-order valence-electron chi connectivity index (χ4n) is 2.56. The molecule has 2 N–H and O–H groups in total. The number of halogens is 1. The van der Waals surface area contributed by atoms with Crippen molar-refractivity contribution in [3.8, 4) is 0 Å². The monoisotopic (exact) mass is 319 g/mol. The first-order valence-corrected chi connectivity index (χ1v) is 8.30. The van der Waals surface area contributed by atoms with Gasteiger partial charge in [0.25, 0.3) is 5.91 Å². The van der Waals surface area contributed by atoms with E-state index in [1.807, 2.05) is 0 Å². The average molecular weight is 319 g/mol. The van der Waals surface area contributed by atoms with Crippen molar-refractivity contribution in [2.75, 3.05) is 13.1 Å². The third-order valence-electron chi connectivity index (χ3n) is 3.84. The number of nitrogens with one attached hydrogen (secondary N) is 2. The highest BCUT2D eigenvalue weighted by Gasteiger charge is 2.20. The number of benzene rings is 1. The van der Waals surface area contributed by atoms with E-state index in [1.54, 1.807) is 23.6 Å². The van der Waals surface area contributed by atoms with Crippen LogP contribution >= 0.6 is 11.3 Å². The van der Waals surface area contributed by atoms with Crippen LogP contribution in [0.5, 0.6) is 0 Å². The molecule has 6 heteroatoms. The number of amides is 1. The van der Waals surface area contributed by atoms with Gasteiger partial charge in [-0.2, -0.15) is 0 Å². The molecule has 0 unspecified atom stereocenters. The zero-order valence-corrected chi connectivity index (χ0v) is 13.0. The van der Waals surface area contributed by atoms with E-state index in [9.17, 15) is 9.18 Å².